The monoisotopic (exact) mass is 410 g/mol. The molecular weight excluding hydrogens is 384 g/mol. The number of ketones is 1. The number of rotatable bonds is 6. The molecule has 29 heavy (non-hydrogen) atoms. The highest BCUT2D eigenvalue weighted by Gasteiger charge is 2.32. The number of fused-ring (bicyclic) bond motifs is 1. The van der Waals surface area contributed by atoms with E-state index in [9.17, 15) is 9.59 Å². The van der Waals surface area contributed by atoms with Crippen LogP contribution in [0.3, 0.4) is 0 Å². The van der Waals surface area contributed by atoms with Crippen molar-refractivity contribution >= 4 is 32.6 Å². The summed E-state index contributed by atoms with van der Waals surface area (Å²) < 4.78 is 1.59. The molecule has 0 unspecified atom stereocenters. The summed E-state index contributed by atoms with van der Waals surface area (Å²) in [4.78, 5) is 37.7. The second-order valence-corrected chi connectivity index (χ2v) is 8.90. The van der Waals surface area contributed by atoms with Gasteiger partial charge in [-0.3, -0.25) is 14.2 Å². The molecule has 7 heteroatoms. The molecule has 6 nitrogen and oxygen atoms in total. The van der Waals surface area contributed by atoms with Crippen LogP contribution in [0.5, 0.6) is 0 Å². The van der Waals surface area contributed by atoms with Crippen molar-refractivity contribution in [1.29, 1.82) is 0 Å². The number of carbonyl (C=O) groups is 1. The van der Waals surface area contributed by atoms with E-state index in [0.717, 1.165) is 36.8 Å². The first-order valence-corrected chi connectivity index (χ1v) is 11.0. The average Bonchev–Trinajstić information content (AvgIpc) is 3.36. The van der Waals surface area contributed by atoms with Crippen LogP contribution in [-0.4, -0.2) is 32.9 Å². The van der Waals surface area contributed by atoms with E-state index in [1.54, 1.807) is 11.6 Å². The van der Waals surface area contributed by atoms with Crippen molar-refractivity contribution in [3.63, 3.8) is 0 Å². The van der Waals surface area contributed by atoms with Crippen LogP contribution in [0.15, 0.2) is 35.1 Å². The first-order valence-electron chi connectivity index (χ1n) is 10.2. The quantitative estimate of drug-likeness (QED) is 0.620. The zero-order chi connectivity index (χ0) is 20.5. The molecule has 0 saturated carbocycles. The molecule has 3 heterocycles. The van der Waals surface area contributed by atoms with E-state index >= 15 is 0 Å². The fraction of sp³-hybridized carbons (Fsp3) is 0.455. The molecule has 1 aliphatic rings. The molecule has 0 N–H and O–H groups in total. The largest absolute Gasteiger partial charge is 0.338 e. The summed E-state index contributed by atoms with van der Waals surface area (Å²) in [6.07, 6.45) is 3.07. The molecule has 1 fully saturated rings. The minimum absolute atomic E-state index is 0.118. The van der Waals surface area contributed by atoms with Crippen LogP contribution in [0, 0.1) is 0 Å². The fourth-order valence-electron chi connectivity index (χ4n) is 4.01. The number of hydrogen-bond acceptors (Lipinski definition) is 6. The normalized spacial score (nSPS) is 16.8. The van der Waals surface area contributed by atoms with Crippen molar-refractivity contribution in [1.82, 2.24) is 14.5 Å². The maximum Gasteiger partial charge on any atom is 0.280 e. The van der Waals surface area contributed by atoms with Crippen LogP contribution in [-0.2, 0) is 18.3 Å². The molecule has 4 rings (SSSR count). The number of aromatic nitrogens is 3. The SMILES string of the molecule is CC(C)c1nc2sc(N3CCC[C@@H]3C(=O)CCc3ccccc3)nc2c(=O)n1C. The van der Waals surface area contributed by atoms with Gasteiger partial charge in [0.15, 0.2) is 21.3 Å². The summed E-state index contributed by atoms with van der Waals surface area (Å²) in [5, 5.41) is 0.737. The molecule has 1 aromatic carbocycles. The number of Topliss-reactive ketones (excluding diaryl/α,β-unsaturated/α-hetero) is 1. The zero-order valence-corrected chi connectivity index (χ0v) is 17.9. The molecule has 0 bridgehead atoms. The van der Waals surface area contributed by atoms with Gasteiger partial charge in [0.05, 0.1) is 6.04 Å². The molecule has 0 radical (unpaired) electrons. The molecule has 1 aliphatic heterocycles. The number of carbonyl (C=O) groups excluding carboxylic acids is 1. The minimum atomic E-state index is -0.160. The van der Waals surface area contributed by atoms with Crippen molar-refractivity contribution in [2.75, 3.05) is 11.4 Å². The maximum atomic E-state index is 12.9. The van der Waals surface area contributed by atoms with Crippen molar-refractivity contribution in [3.05, 3.63) is 52.1 Å². The lowest BCUT2D eigenvalue weighted by molar-refractivity contribution is -0.120. The lowest BCUT2D eigenvalue weighted by atomic mass is 10.0. The van der Waals surface area contributed by atoms with Gasteiger partial charge in [0.2, 0.25) is 0 Å². The third kappa shape index (κ3) is 3.83. The van der Waals surface area contributed by atoms with E-state index in [4.69, 9.17) is 0 Å². The molecular formula is C22H26N4O2S. The Hall–Kier alpha value is -2.54. The van der Waals surface area contributed by atoms with Crippen molar-refractivity contribution in [2.45, 2.75) is 51.5 Å². The zero-order valence-electron chi connectivity index (χ0n) is 17.1. The van der Waals surface area contributed by atoms with Crippen LogP contribution in [0.2, 0.25) is 0 Å². The van der Waals surface area contributed by atoms with Gasteiger partial charge >= 0.3 is 0 Å². The summed E-state index contributed by atoms with van der Waals surface area (Å²) in [7, 11) is 1.74. The van der Waals surface area contributed by atoms with Gasteiger partial charge in [-0.2, -0.15) is 0 Å². The predicted molar refractivity (Wildman–Crippen MR) is 117 cm³/mol. The topological polar surface area (TPSA) is 68.1 Å². The maximum absolute atomic E-state index is 12.9. The number of nitrogens with zero attached hydrogens (tertiary/aromatic N) is 4. The van der Waals surface area contributed by atoms with Gasteiger partial charge in [-0.25, -0.2) is 9.97 Å². The fourth-order valence-corrected chi connectivity index (χ4v) is 5.02. The van der Waals surface area contributed by atoms with E-state index in [2.05, 4.69) is 27.0 Å². The van der Waals surface area contributed by atoms with Gasteiger partial charge in [0.1, 0.15) is 5.82 Å². The minimum Gasteiger partial charge on any atom is -0.338 e. The Morgan fingerprint density at radius 2 is 2.00 bits per heavy atom. The van der Waals surface area contributed by atoms with E-state index in [0.29, 0.717) is 16.8 Å². The summed E-state index contributed by atoms with van der Waals surface area (Å²) in [6.45, 7) is 4.84. The molecule has 3 aromatic rings. The molecule has 0 amide bonds. The third-order valence-electron chi connectivity index (χ3n) is 5.55. The second-order valence-electron chi connectivity index (χ2n) is 7.94. The molecule has 1 saturated heterocycles. The highest BCUT2D eigenvalue weighted by Crippen LogP contribution is 2.32. The standard InChI is InChI=1S/C22H26N4O2S/c1-14(2)19-24-20-18(21(28)25(19)3)23-22(29-20)26-13-7-10-16(26)17(27)12-11-15-8-5-4-6-9-15/h4-6,8-9,14,16H,7,10-13H2,1-3H3/t16-/m1/s1. The van der Waals surface area contributed by atoms with E-state index in [1.807, 2.05) is 32.0 Å². The number of aryl methyl sites for hydroxylation is 1. The van der Waals surface area contributed by atoms with E-state index in [1.165, 1.54) is 16.9 Å². The van der Waals surface area contributed by atoms with Gasteiger partial charge in [0, 0.05) is 25.9 Å². The van der Waals surface area contributed by atoms with Crippen LogP contribution in [0.1, 0.15) is 50.4 Å². The van der Waals surface area contributed by atoms with Gasteiger partial charge in [-0.15, -0.1) is 0 Å². The first-order chi connectivity index (χ1) is 14.0. The van der Waals surface area contributed by atoms with Gasteiger partial charge < -0.3 is 4.90 Å². The molecule has 1 atom stereocenters. The first kappa shape index (κ1) is 19.8. The van der Waals surface area contributed by atoms with Gasteiger partial charge in [0.25, 0.3) is 5.56 Å². The molecule has 152 valence electrons. The Bertz CT molecular complexity index is 1090. The van der Waals surface area contributed by atoms with Crippen molar-refractivity contribution in [3.8, 4) is 0 Å². The van der Waals surface area contributed by atoms with E-state index < -0.39 is 0 Å². The summed E-state index contributed by atoms with van der Waals surface area (Å²) >= 11 is 1.42. The lowest BCUT2D eigenvalue weighted by Gasteiger charge is -2.22. The average molecular weight is 411 g/mol. The summed E-state index contributed by atoms with van der Waals surface area (Å²) in [5.41, 5.74) is 1.46. The van der Waals surface area contributed by atoms with E-state index in [-0.39, 0.29) is 23.3 Å². The number of thiazole rings is 1. The number of hydrogen-bond donors (Lipinski definition) is 0. The van der Waals surface area contributed by atoms with Gasteiger partial charge in [-0.05, 0) is 24.8 Å². The Balaban J connectivity index is 1.58. The Labute approximate surface area is 174 Å². The number of anilines is 1. The van der Waals surface area contributed by atoms with Crippen molar-refractivity contribution < 1.29 is 4.79 Å². The lowest BCUT2D eigenvalue weighted by Crippen LogP contribution is -2.36. The van der Waals surface area contributed by atoms with Crippen molar-refractivity contribution in [2.24, 2.45) is 7.05 Å². The molecule has 2 aromatic heterocycles. The van der Waals surface area contributed by atoms with Crippen LogP contribution in [0.4, 0.5) is 5.13 Å². The number of benzene rings is 1. The highest BCUT2D eigenvalue weighted by atomic mass is 32.1. The highest BCUT2D eigenvalue weighted by molar-refractivity contribution is 7.21. The Morgan fingerprint density at radius 1 is 1.24 bits per heavy atom. The summed E-state index contributed by atoms with van der Waals surface area (Å²) in [5.74, 6) is 1.16. The van der Waals surface area contributed by atoms with Gasteiger partial charge in [-0.1, -0.05) is 55.5 Å². The Morgan fingerprint density at radius 3 is 2.72 bits per heavy atom. The smallest absolute Gasteiger partial charge is 0.280 e. The third-order valence-corrected chi connectivity index (χ3v) is 6.54. The van der Waals surface area contributed by atoms with Crippen LogP contribution >= 0.6 is 11.3 Å². The van der Waals surface area contributed by atoms with Crippen LogP contribution < -0.4 is 10.5 Å². The predicted octanol–water partition coefficient (Wildman–Crippen LogP) is 3.68. The second kappa shape index (κ2) is 8.06. The van der Waals surface area contributed by atoms with Crippen LogP contribution in [0.25, 0.3) is 10.3 Å². The molecule has 0 aliphatic carbocycles. The Kier molecular flexibility index (Phi) is 5.50. The molecule has 0 spiro atoms. The summed E-state index contributed by atoms with van der Waals surface area (Å²) in [6, 6.07) is 9.94.